The summed E-state index contributed by atoms with van der Waals surface area (Å²) in [5.41, 5.74) is -1.59. The van der Waals surface area contributed by atoms with Crippen LogP contribution >= 0.6 is 15.9 Å². The maximum atomic E-state index is 12.6. The van der Waals surface area contributed by atoms with E-state index in [0.29, 0.717) is 10.5 Å². The van der Waals surface area contributed by atoms with Crippen molar-refractivity contribution in [1.82, 2.24) is 9.78 Å². The van der Waals surface area contributed by atoms with Crippen LogP contribution in [-0.2, 0) is 6.18 Å². The van der Waals surface area contributed by atoms with Gasteiger partial charge in [-0.1, -0.05) is 12.1 Å². The highest BCUT2D eigenvalue weighted by atomic mass is 79.9. The quantitative estimate of drug-likeness (QED) is 0.916. The molecule has 2 aromatic rings. The number of benzene rings is 1. The molecule has 19 heavy (non-hydrogen) atoms. The van der Waals surface area contributed by atoms with Crippen molar-refractivity contribution in [2.24, 2.45) is 0 Å². The second-order valence-electron chi connectivity index (χ2n) is 3.58. The van der Waals surface area contributed by atoms with E-state index in [0.717, 1.165) is 4.68 Å². The van der Waals surface area contributed by atoms with Crippen molar-refractivity contribution in [3.8, 4) is 5.69 Å². The molecule has 0 saturated heterocycles. The van der Waals surface area contributed by atoms with Gasteiger partial charge in [0.2, 0.25) is 0 Å². The Kier molecular flexibility index (Phi) is 3.36. The first-order valence-electron chi connectivity index (χ1n) is 4.96. The van der Waals surface area contributed by atoms with E-state index in [2.05, 4.69) is 21.0 Å². The van der Waals surface area contributed by atoms with Gasteiger partial charge in [0.1, 0.15) is 0 Å². The van der Waals surface area contributed by atoms with Crippen molar-refractivity contribution in [2.75, 3.05) is 0 Å². The fourth-order valence-corrected chi connectivity index (χ4v) is 1.93. The van der Waals surface area contributed by atoms with E-state index >= 15 is 0 Å². The monoisotopic (exact) mass is 334 g/mol. The number of para-hydroxylation sites is 1. The molecule has 4 nitrogen and oxygen atoms in total. The SMILES string of the molecule is O=C(O)c1cc(C(F)(F)F)nn1-c1ccccc1Br. The Morgan fingerprint density at radius 1 is 1.32 bits per heavy atom. The lowest BCUT2D eigenvalue weighted by Crippen LogP contribution is -2.09. The predicted molar refractivity (Wildman–Crippen MR) is 63.2 cm³/mol. The highest BCUT2D eigenvalue weighted by Crippen LogP contribution is 2.30. The smallest absolute Gasteiger partial charge is 0.435 e. The van der Waals surface area contributed by atoms with Crippen LogP contribution in [0.4, 0.5) is 13.2 Å². The third-order valence-corrected chi connectivity index (χ3v) is 2.97. The Hall–Kier alpha value is -1.83. The van der Waals surface area contributed by atoms with Crippen molar-refractivity contribution in [3.63, 3.8) is 0 Å². The van der Waals surface area contributed by atoms with Gasteiger partial charge in [-0.2, -0.15) is 18.3 Å². The molecule has 0 aliphatic rings. The number of nitrogens with zero attached hydrogens (tertiary/aromatic N) is 2. The van der Waals surface area contributed by atoms with Gasteiger partial charge in [0, 0.05) is 10.5 Å². The van der Waals surface area contributed by atoms with Crippen LogP contribution < -0.4 is 0 Å². The number of rotatable bonds is 2. The van der Waals surface area contributed by atoms with Crippen LogP contribution in [0.25, 0.3) is 5.69 Å². The zero-order valence-electron chi connectivity index (χ0n) is 9.15. The minimum atomic E-state index is -4.70. The van der Waals surface area contributed by atoms with E-state index < -0.39 is 23.5 Å². The molecule has 1 aromatic carbocycles. The second kappa shape index (κ2) is 4.69. The Labute approximate surface area is 113 Å². The lowest BCUT2D eigenvalue weighted by Gasteiger charge is -2.06. The van der Waals surface area contributed by atoms with Gasteiger partial charge in [-0.3, -0.25) is 0 Å². The molecule has 0 aliphatic heterocycles. The summed E-state index contributed by atoms with van der Waals surface area (Å²) >= 11 is 3.14. The van der Waals surface area contributed by atoms with Gasteiger partial charge < -0.3 is 5.11 Å². The Morgan fingerprint density at radius 2 is 1.95 bits per heavy atom. The molecule has 0 unspecified atom stereocenters. The number of carboxylic acid groups (broad SMARTS) is 1. The fourth-order valence-electron chi connectivity index (χ4n) is 1.48. The van der Waals surface area contributed by atoms with Gasteiger partial charge in [0.05, 0.1) is 5.69 Å². The summed E-state index contributed by atoms with van der Waals surface area (Å²) in [6, 6.07) is 6.77. The number of hydrogen-bond acceptors (Lipinski definition) is 2. The first kappa shape index (κ1) is 13.6. The summed E-state index contributed by atoms with van der Waals surface area (Å²) in [5, 5.41) is 12.3. The summed E-state index contributed by atoms with van der Waals surface area (Å²) in [6.45, 7) is 0. The number of aromatic nitrogens is 2. The van der Waals surface area contributed by atoms with Gasteiger partial charge in [0.15, 0.2) is 11.4 Å². The molecule has 0 bridgehead atoms. The zero-order valence-corrected chi connectivity index (χ0v) is 10.7. The molecule has 0 amide bonds. The standard InChI is InChI=1S/C11H6BrF3N2O2/c12-6-3-1-2-4-7(6)17-8(10(18)19)5-9(16-17)11(13,14)15/h1-5H,(H,18,19). The number of hydrogen-bond donors (Lipinski definition) is 1. The lowest BCUT2D eigenvalue weighted by atomic mass is 10.3. The molecule has 0 radical (unpaired) electrons. The molecule has 1 aromatic heterocycles. The molecule has 100 valence electrons. The van der Waals surface area contributed by atoms with Gasteiger partial charge in [-0.25, -0.2) is 9.48 Å². The van der Waals surface area contributed by atoms with Crippen molar-refractivity contribution >= 4 is 21.9 Å². The van der Waals surface area contributed by atoms with Crippen molar-refractivity contribution in [1.29, 1.82) is 0 Å². The summed E-state index contributed by atoms with van der Waals surface area (Å²) in [7, 11) is 0. The zero-order chi connectivity index (χ0) is 14.2. The maximum absolute atomic E-state index is 12.6. The Bertz CT molecular complexity index is 637. The molecule has 1 heterocycles. The number of carbonyl (C=O) groups is 1. The molecule has 0 spiro atoms. The van der Waals surface area contributed by atoms with Crippen molar-refractivity contribution < 1.29 is 23.1 Å². The fraction of sp³-hybridized carbons (Fsp3) is 0.0909. The normalized spacial score (nSPS) is 11.6. The molecule has 0 fully saturated rings. The average molecular weight is 335 g/mol. The number of alkyl halides is 3. The largest absolute Gasteiger partial charge is 0.477 e. The first-order chi connectivity index (χ1) is 8.80. The van der Waals surface area contributed by atoms with Crippen LogP contribution in [0.3, 0.4) is 0 Å². The van der Waals surface area contributed by atoms with Crippen LogP contribution in [0, 0.1) is 0 Å². The molecule has 0 atom stereocenters. The van der Waals surface area contributed by atoms with E-state index in [1.807, 2.05) is 0 Å². The van der Waals surface area contributed by atoms with E-state index in [9.17, 15) is 18.0 Å². The Balaban J connectivity index is 2.66. The molecule has 2 rings (SSSR count). The van der Waals surface area contributed by atoms with Crippen LogP contribution in [0.5, 0.6) is 0 Å². The number of carboxylic acids is 1. The highest BCUT2D eigenvalue weighted by molar-refractivity contribution is 9.10. The van der Waals surface area contributed by atoms with Crippen LogP contribution in [0.2, 0.25) is 0 Å². The highest BCUT2D eigenvalue weighted by Gasteiger charge is 2.36. The summed E-state index contributed by atoms with van der Waals surface area (Å²) in [5.74, 6) is -1.49. The van der Waals surface area contributed by atoms with Crippen LogP contribution in [-0.4, -0.2) is 20.9 Å². The van der Waals surface area contributed by atoms with Crippen LogP contribution in [0.15, 0.2) is 34.8 Å². The van der Waals surface area contributed by atoms with E-state index in [1.165, 1.54) is 6.07 Å². The molecule has 0 saturated carbocycles. The van der Waals surface area contributed by atoms with E-state index in [1.54, 1.807) is 18.2 Å². The number of aromatic carboxylic acids is 1. The average Bonchev–Trinajstić information content (AvgIpc) is 2.74. The number of halogens is 4. The van der Waals surface area contributed by atoms with Gasteiger partial charge in [-0.15, -0.1) is 0 Å². The molecule has 8 heteroatoms. The predicted octanol–water partition coefficient (Wildman–Crippen LogP) is 3.35. The minimum absolute atomic E-state index is 0.218. The molecular weight excluding hydrogens is 329 g/mol. The topological polar surface area (TPSA) is 55.1 Å². The van der Waals surface area contributed by atoms with Crippen molar-refractivity contribution in [3.05, 3.63) is 46.2 Å². The summed E-state index contributed by atoms with van der Waals surface area (Å²) in [4.78, 5) is 11.0. The summed E-state index contributed by atoms with van der Waals surface area (Å²) < 4.78 is 38.9. The minimum Gasteiger partial charge on any atom is -0.477 e. The third-order valence-electron chi connectivity index (χ3n) is 2.30. The van der Waals surface area contributed by atoms with Gasteiger partial charge in [0.25, 0.3) is 0 Å². The molecule has 1 N–H and O–H groups in total. The lowest BCUT2D eigenvalue weighted by molar-refractivity contribution is -0.141. The Morgan fingerprint density at radius 3 is 2.47 bits per heavy atom. The van der Waals surface area contributed by atoms with Gasteiger partial charge in [-0.05, 0) is 28.1 Å². The van der Waals surface area contributed by atoms with Gasteiger partial charge >= 0.3 is 12.1 Å². The molecular formula is C11H6BrF3N2O2. The second-order valence-corrected chi connectivity index (χ2v) is 4.44. The third kappa shape index (κ3) is 2.62. The van der Waals surface area contributed by atoms with E-state index in [-0.39, 0.29) is 5.69 Å². The first-order valence-corrected chi connectivity index (χ1v) is 5.75. The van der Waals surface area contributed by atoms with Crippen molar-refractivity contribution in [2.45, 2.75) is 6.18 Å². The van der Waals surface area contributed by atoms with Crippen LogP contribution in [0.1, 0.15) is 16.2 Å². The maximum Gasteiger partial charge on any atom is 0.435 e. The summed E-state index contributed by atoms with van der Waals surface area (Å²) in [6.07, 6.45) is -4.70. The molecule has 0 aliphatic carbocycles. The van der Waals surface area contributed by atoms with E-state index in [4.69, 9.17) is 5.11 Å².